The van der Waals surface area contributed by atoms with E-state index in [1.165, 1.54) is 0 Å². The zero-order valence-corrected chi connectivity index (χ0v) is 14.5. The number of hydrogen-bond donors (Lipinski definition) is 4. The van der Waals surface area contributed by atoms with Crippen molar-refractivity contribution in [1.29, 1.82) is 0 Å². The third-order valence-electron chi connectivity index (χ3n) is 5.03. The molecule has 0 atom stereocenters. The molecule has 8 heteroatoms. The van der Waals surface area contributed by atoms with Crippen molar-refractivity contribution in [1.82, 2.24) is 9.13 Å². The monoisotopic (exact) mass is 348 g/mol. The lowest BCUT2D eigenvalue weighted by Gasteiger charge is -2.12. The Labute approximate surface area is 150 Å². The smallest absolute Gasteiger partial charge is 0.423 e. The zero-order chi connectivity index (χ0) is 18.6. The first kappa shape index (κ1) is 16.9. The average molecular weight is 348 g/mol. The van der Waals surface area contributed by atoms with Crippen molar-refractivity contribution < 1.29 is 20.1 Å². The van der Waals surface area contributed by atoms with Crippen LogP contribution >= 0.6 is 0 Å². The van der Waals surface area contributed by atoms with Crippen molar-refractivity contribution in [3.8, 4) is 11.4 Å². The summed E-state index contributed by atoms with van der Waals surface area (Å²) in [5, 5.41) is 41.7. The zero-order valence-electron chi connectivity index (χ0n) is 14.5. The van der Waals surface area contributed by atoms with Crippen LogP contribution in [0.2, 0.25) is 0 Å². The van der Waals surface area contributed by atoms with E-state index >= 15 is 0 Å². The molecule has 0 aliphatic heterocycles. The Morgan fingerprint density at radius 3 is 1.31 bits per heavy atom. The maximum absolute atomic E-state index is 10.1. The summed E-state index contributed by atoms with van der Waals surface area (Å²) in [6, 6.07) is 14.9. The van der Waals surface area contributed by atoms with Crippen molar-refractivity contribution in [2.24, 2.45) is 14.1 Å². The molecule has 0 radical (unpaired) electrons. The first-order valence-electron chi connectivity index (χ1n) is 8.30. The maximum atomic E-state index is 10.1. The second kappa shape index (κ2) is 6.03. The Hall–Kier alpha value is -2.51. The van der Waals surface area contributed by atoms with E-state index in [0.717, 1.165) is 11.0 Å². The molecule has 0 amide bonds. The Balaban J connectivity index is 2.22. The van der Waals surface area contributed by atoms with Crippen molar-refractivity contribution in [2.75, 3.05) is 0 Å². The van der Waals surface area contributed by atoms with Crippen LogP contribution in [0.5, 0.6) is 0 Å². The first-order valence-corrected chi connectivity index (χ1v) is 8.30. The van der Waals surface area contributed by atoms with Gasteiger partial charge in [-0.05, 0) is 12.1 Å². The van der Waals surface area contributed by atoms with E-state index in [9.17, 15) is 20.1 Å². The van der Waals surface area contributed by atoms with Gasteiger partial charge in [-0.15, -0.1) is 0 Å². The van der Waals surface area contributed by atoms with Crippen LogP contribution in [-0.2, 0) is 14.1 Å². The SMILES string of the molecule is Cn1c(-c2c(B(O)O)c3ccccc3n2C)c(B(O)O)c2ccccc21. The fourth-order valence-corrected chi connectivity index (χ4v) is 3.94. The Kier molecular flexibility index (Phi) is 3.93. The molecular weight excluding hydrogens is 330 g/mol. The standard InChI is InChI=1S/C18H18B2N2O4/c1-21-13-9-5-3-7-11(13)15(19(23)24)17(21)18-16(20(25)26)12-8-4-6-10-14(12)22(18)2/h3-10,23-26H,1-2H3. The summed E-state index contributed by atoms with van der Waals surface area (Å²) in [4.78, 5) is 0. The normalized spacial score (nSPS) is 11.5. The predicted molar refractivity (Wildman–Crippen MR) is 104 cm³/mol. The molecule has 4 N–H and O–H groups in total. The second-order valence-electron chi connectivity index (χ2n) is 6.42. The number of rotatable bonds is 3. The van der Waals surface area contributed by atoms with E-state index in [-0.39, 0.29) is 0 Å². The summed E-state index contributed by atoms with van der Waals surface area (Å²) < 4.78 is 3.70. The van der Waals surface area contributed by atoms with Crippen molar-refractivity contribution in [3.63, 3.8) is 0 Å². The number of aromatic nitrogens is 2. The van der Waals surface area contributed by atoms with Crippen LogP contribution in [0.4, 0.5) is 0 Å². The molecule has 0 unspecified atom stereocenters. The molecule has 2 heterocycles. The summed E-state index contributed by atoms with van der Waals surface area (Å²) in [6.45, 7) is 0. The lowest BCUT2D eigenvalue weighted by molar-refractivity contribution is 0.424. The molecular formula is C18H18B2N2O4. The van der Waals surface area contributed by atoms with E-state index in [0.29, 0.717) is 33.1 Å². The molecule has 26 heavy (non-hydrogen) atoms. The molecule has 0 spiro atoms. The summed E-state index contributed by atoms with van der Waals surface area (Å²) in [7, 11) is 0.263. The molecule has 6 nitrogen and oxygen atoms in total. The highest BCUT2D eigenvalue weighted by atomic mass is 16.4. The Morgan fingerprint density at radius 1 is 0.615 bits per heavy atom. The van der Waals surface area contributed by atoms with Gasteiger partial charge in [0.25, 0.3) is 0 Å². The number of aryl methyl sites for hydroxylation is 2. The van der Waals surface area contributed by atoms with Crippen LogP contribution in [0.25, 0.3) is 33.2 Å². The van der Waals surface area contributed by atoms with Gasteiger partial charge in [0.1, 0.15) is 0 Å². The number of fused-ring (bicyclic) bond motifs is 2. The van der Waals surface area contributed by atoms with Gasteiger partial charge in [-0.25, -0.2) is 0 Å². The minimum atomic E-state index is -1.70. The molecule has 2 aromatic carbocycles. The molecule has 4 rings (SSSR count). The quantitative estimate of drug-likeness (QED) is 0.383. The summed E-state index contributed by atoms with van der Waals surface area (Å²) >= 11 is 0. The molecule has 0 bridgehead atoms. The summed E-state index contributed by atoms with van der Waals surface area (Å²) in [5.74, 6) is 0. The Bertz CT molecular complexity index is 1040. The number of hydrogen-bond acceptors (Lipinski definition) is 4. The van der Waals surface area contributed by atoms with E-state index in [1.54, 1.807) is 0 Å². The van der Waals surface area contributed by atoms with E-state index in [2.05, 4.69) is 0 Å². The van der Waals surface area contributed by atoms with Gasteiger partial charge < -0.3 is 29.2 Å². The summed E-state index contributed by atoms with van der Waals surface area (Å²) in [6.07, 6.45) is 0. The highest BCUT2D eigenvalue weighted by Gasteiger charge is 2.32. The minimum absolute atomic E-state index is 0.343. The fraction of sp³-hybridized carbons (Fsp3) is 0.111. The van der Waals surface area contributed by atoms with E-state index in [1.807, 2.05) is 71.8 Å². The lowest BCUT2D eigenvalue weighted by atomic mass is 9.73. The lowest BCUT2D eigenvalue weighted by Crippen LogP contribution is -2.36. The molecule has 0 saturated heterocycles. The number of nitrogens with zero attached hydrogens (tertiary/aromatic N) is 2. The molecule has 0 aliphatic carbocycles. The second-order valence-corrected chi connectivity index (χ2v) is 6.42. The minimum Gasteiger partial charge on any atom is -0.423 e. The third kappa shape index (κ3) is 2.24. The molecule has 0 aliphatic rings. The van der Waals surface area contributed by atoms with Gasteiger partial charge in [-0.1, -0.05) is 36.4 Å². The number of para-hydroxylation sites is 2. The van der Waals surface area contributed by atoms with Gasteiger partial charge in [-0.3, -0.25) is 0 Å². The molecule has 4 aromatic rings. The van der Waals surface area contributed by atoms with Crippen LogP contribution in [0.1, 0.15) is 0 Å². The van der Waals surface area contributed by atoms with Crippen molar-refractivity contribution in [3.05, 3.63) is 48.5 Å². The van der Waals surface area contributed by atoms with Gasteiger partial charge in [0, 0.05) is 46.8 Å². The van der Waals surface area contributed by atoms with Crippen LogP contribution in [0, 0.1) is 0 Å². The van der Waals surface area contributed by atoms with E-state index in [4.69, 9.17) is 0 Å². The van der Waals surface area contributed by atoms with Crippen LogP contribution < -0.4 is 10.9 Å². The first-order chi connectivity index (χ1) is 12.4. The van der Waals surface area contributed by atoms with Gasteiger partial charge in [0.2, 0.25) is 0 Å². The highest BCUT2D eigenvalue weighted by molar-refractivity contribution is 6.67. The molecule has 0 fully saturated rings. The molecule has 130 valence electrons. The molecule has 0 saturated carbocycles. The average Bonchev–Trinajstić information content (AvgIpc) is 3.07. The van der Waals surface area contributed by atoms with E-state index < -0.39 is 14.2 Å². The summed E-state index contributed by atoms with van der Waals surface area (Å²) in [5.41, 5.74) is 3.43. The highest BCUT2D eigenvalue weighted by Crippen LogP contribution is 2.29. The van der Waals surface area contributed by atoms with Gasteiger partial charge >= 0.3 is 14.2 Å². The van der Waals surface area contributed by atoms with Crippen LogP contribution in [-0.4, -0.2) is 43.5 Å². The van der Waals surface area contributed by atoms with Crippen LogP contribution in [0.3, 0.4) is 0 Å². The van der Waals surface area contributed by atoms with Gasteiger partial charge in [-0.2, -0.15) is 0 Å². The van der Waals surface area contributed by atoms with Crippen molar-refractivity contribution >= 4 is 47.0 Å². The van der Waals surface area contributed by atoms with Gasteiger partial charge in [0.15, 0.2) is 0 Å². The largest absolute Gasteiger partial charge is 0.491 e. The Morgan fingerprint density at radius 2 is 0.962 bits per heavy atom. The topological polar surface area (TPSA) is 90.8 Å². The molecule has 2 aromatic heterocycles. The number of benzene rings is 2. The van der Waals surface area contributed by atoms with Crippen molar-refractivity contribution in [2.45, 2.75) is 0 Å². The third-order valence-corrected chi connectivity index (χ3v) is 5.03. The van der Waals surface area contributed by atoms with Crippen LogP contribution in [0.15, 0.2) is 48.5 Å². The fourth-order valence-electron chi connectivity index (χ4n) is 3.94. The maximum Gasteiger partial charge on any atom is 0.491 e. The predicted octanol–water partition coefficient (Wildman–Crippen LogP) is -0.303. The van der Waals surface area contributed by atoms with Gasteiger partial charge in [0.05, 0.1) is 11.4 Å².